The van der Waals surface area contributed by atoms with Gasteiger partial charge in [-0.05, 0) is 11.1 Å². The molecule has 0 aliphatic carbocycles. The van der Waals surface area contributed by atoms with Crippen LogP contribution in [-0.2, 0) is 41.8 Å². The molecule has 0 saturated carbocycles. The fourth-order valence-electron chi connectivity index (χ4n) is 3.00. The zero-order valence-electron chi connectivity index (χ0n) is 21.0. The van der Waals surface area contributed by atoms with Gasteiger partial charge in [0.2, 0.25) is 0 Å². The van der Waals surface area contributed by atoms with E-state index in [4.69, 9.17) is 32.8 Å². The molecule has 2 aromatic rings. The maximum absolute atomic E-state index is 12.3. The molecule has 12 heteroatoms. The van der Waals surface area contributed by atoms with E-state index in [0.717, 1.165) is 11.1 Å². The van der Waals surface area contributed by atoms with Crippen molar-refractivity contribution < 1.29 is 62.0 Å². The molecule has 2 aromatic carbocycles. The Morgan fingerprint density at radius 2 is 1.14 bits per heavy atom. The summed E-state index contributed by atoms with van der Waals surface area (Å²) in [6, 6.07) is 18.7. The minimum Gasteiger partial charge on any atom is -0.461 e. The number of ether oxygens (including phenoxy) is 3. The van der Waals surface area contributed by atoms with E-state index in [1.165, 1.54) is 0 Å². The van der Waals surface area contributed by atoms with Crippen molar-refractivity contribution in [2.24, 2.45) is 0 Å². The molecule has 0 radical (unpaired) electrons. The van der Waals surface area contributed by atoms with Crippen molar-refractivity contribution in [1.82, 2.24) is 0 Å². The minimum atomic E-state index is -4.94. The molecule has 0 aliphatic heterocycles. The molecule has 0 spiro atoms. The average molecular weight is 542 g/mol. The average Bonchev–Trinajstić information content (AvgIpc) is 2.79. The zero-order chi connectivity index (χ0) is 27.9. The minimum absolute atomic E-state index is 0.0491. The number of nitrogens with zero attached hydrogens (tertiary/aromatic N) is 1. The zero-order valence-corrected chi connectivity index (χ0v) is 21.8. The lowest BCUT2D eigenvalue weighted by Crippen LogP contribution is -2.68. The number of quaternary nitrogens is 1. The molecular weight excluding hydrogens is 510 g/mol. The first-order valence-electron chi connectivity index (χ1n) is 11.2. The van der Waals surface area contributed by atoms with E-state index in [0.29, 0.717) is 11.0 Å². The lowest BCUT2D eigenvalue weighted by Gasteiger charge is -2.28. The van der Waals surface area contributed by atoms with Gasteiger partial charge in [-0.25, -0.2) is 18.6 Å². The van der Waals surface area contributed by atoms with Gasteiger partial charge in [0, 0.05) is 0 Å². The predicted molar refractivity (Wildman–Crippen MR) is 119 cm³/mol. The summed E-state index contributed by atoms with van der Waals surface area (Å²) >= 11 is 0. The van der Waals surface area contributed by atoms with Gasteiger partial charge in [-0.15, -0.1) is 10.2 Å². The number of carbonyl (C=O) groups is 3. The van der Waals surface area contributed by atoms with E-state index in [-0.39, 0.29) is 32.5 Å². The van der Waals surface area contributed by atoms with E-state index >= 15 is 0 Å². The molecule has 0 bridgehead atoms. The van der Waals surface area contributed by atoms with Crippen LogP contribution in [0.5, 0.6) is 0 Å². The van der Waals surface area contributed by atoms with Crippen molar-refractivity contribution in [3.8, 4) is 0 Å². The molecule has 0 N–H and O–H groups in total. The third-order valence-electron chi connectivity index (χ3n) is 4.46. The first-order valence-corrected chi connectivity index (χ1v) is 12.5. The Balaban J connectivity index is 0.00000124. The summed E-state index contributed by atoms with van der Waals surface area (Å²) in [5.41, 5.74) is 1.76. The van der Waals surface area contributed by atoms with E-state index in [1.54, 1.807) is 0 Å². The van der Waals surface area contributed by atoms with E-state index in [9.17, 15) is 14.4 Å². The molecule has 0 aliphatic rings. The van der Waals surface area contributed by atoms with Crippen LogP contribution in [0.3, 0.4) is 0 Å². The largest absolute Gasteiger partial charge is 0.461 e. The number of esters is 3. The van der Waals surface area contributed by atoms with Gasteiger partial charge in [0.25, 0.3) is 0 Å². The maximum Gasteiger partial charge on any atom is 0.310 e. The second-order valence-electron chi connectivity index (χ2n) is 8.96. The molecule has 2 rings (SSSR count). The summed E-state index contributed by atoms with van der Waals surface area (Å²) in [6.45, 7) is 0.759. The summed E-state index contributed by atoms with van der Waals surface area (Å²) in [5.74, 6) is -1.46. The normalized spacial score (nSPS) is 12.0. The standard InChI is InChI=1S/C25H32NO6.ClHO4/c1-26(2,3)17-22(16-25(29)31-19-21-12-8-5-9-13-21)32-24(28)15-14-23(27)30-18-20-10-6-4-7-11-20;2-1(3,4)5/h4-13,22H,14-19H2,1-3H3;(H,2,3,4,5)/q+1;/p-1/t22-;/m0./s1. The van der Waals surface area contributed by atoms with Crippen molar-refractivity contribution in [2.45, 2.75) is 38.6 Å². The smallest absolute Gasteiger partial charge is 0.310 e. The number of carbonyl (C=O) groups excluding carboxylic acids is 3. The molecule has 0 unspecified atom stereocenters. The van der Waals surface area contributed by atoms with Crippen molar-refractivity contribution in [3.05, 3.63) is 71.8 Å². The predicted octanol–water partition coefficient (Wildman–Crippen LogP) is -1.49. The van der Waals surface area contributed by atoms with Crippen LogP contribution in [0, 0.1) is 10.2 Å². The number of benzene rings is 2. The molecular formula is C25H32ClNO10. The van der Waals surface area contributed by atoms with Gasteiger partial charge in [0.1, 0.15) is 19.8 Å². The van der Waals surface area contributed by atoms with E-state index in [1.807, 2.05) is 81.8 Å². The fourth-order valence-corrected chi connectivity index (χ4v) is 3.00. The Morgan fingerprint density at radius 1 is 0.730 bits per heavy atom. The van der Waals surface area contributed by atoms with Crippen LogP contribution in [0.25, 0.3) is 0 Å². The van der Waals surface area contributed by atoms with Crippen LogP contribution >= 0.6 is 0 Å². The second-order valence-corrected chi connectivity index (χ2v) is 9.72. The number of hydrogen-bond donors (Lipinski definition) is 0. The fraction of sp³-hybridized carbons (Fsp3) is 0.400. The lowest BCUT2D eigenvalue weighted by molar-refractivity contribution is -2.00. The number of hydrogen-bond acceptors (Lipinski definition) is 10. The first-order chi connectivity index (χ1) is 17.2. The molecule has 204 valence electrons. The van der Waals surface area contributed by atoms with Gasteiger partial charge in [0.15, 0.2) is 6.10 Å². The van der Waals surface area contributed by atoms with E-state index in [2.05, 4.69) is 0 Å². The number of rotatable bonds is 12. The molecule has 0 saturated heterocycles. The quantitative estimate of drug-likeness (QED) is 0.175. The van der Waals surface area contributed by atoms with Crippen molar-refractivity contribution >= 4 is 17.9 Å². The third kappa shape index (κ3) is 18.8. The summed E-state index contributed by atoms with van der Waals surface area (Å²) < 4.78 is 50.5. The van der Waals surface area contributed by atoms with Gasteiger partial charge >= 0.3 is 17.9 Å². The molecule has 0 amide bonds. The summed E-state index contributed by atoms with van der Waals surface area (Å²) in [4.78, 5) is 36.5. The highest BCUT2D eigenvalue weighted by Crippen LogP contribution is 2.11. The van der Waals surface area contributed by atoms with Crippen molar-refractivity contribution in [3.63, 3.8) is 0 Å². The highest BCUT2D eigenvalue weighted by atomic mass is 35.7. The summed E-state index contributed by atoms with van der Waals surface area (Å²) in [5, 5.41) is 0. The SMILES string of the molecule is C[N+](C)(C)C[C@H](CC(=O)OCc1ccccc1)OC(=O)CCC(=O)OCc1ccccc1.[O-][Cl+3]([O-])([O-])[O-]. The number of halogens is 1. The topological polar surface area (TPSA) is 171 Å². The highest BCUT2D eigenvalue weighted by molar-refractivity contribution is 5.78. The van der Waals surface area contributed by atoms with E-state index < -0.39 is 34.3 Å². The van der Waals surface area contributed by atoms with Gasteiger partial charge in [0.05, 0.1) is 40.4 Å². The van der Waals surface area contributed by atoms with Crippen molar-refractivity contribution in [2.75, 3.05) is 27.7 Å². The van der Waals surface area contributed by atoms with Gasteiger partial charge < -0.3 is 18.7 Å². The number of likely N-dealkylation sites (N-methyl/N-ethyl adjacent to an activating group) is 1. The van der Waals surface area contributed by atoms with Crippen LogP contribution in [0.15, 0.2) is 60.7 Å². The first kappa shape index (κ1) is 32.0. The maximum atomic E-state index is 12.3. The Kier molecular flexibility index (Phi) is 13.8. The van der Waals surface area contributed by atoms with Crippen LogP contribution in [0.4, 0.5) is 0 Å². The Hall–Kier alpha value is -3.06. The summed E-state index contributed by atoms with van der Waals surface area (Å²) in [7, 11) is 0.880. The molecule has 37 heavy (non-hydrogen) atoms. The van der Waals surface area contributed by atoms with Gasteiger partial charge in [-0.3, -0.25) is 14.4 Å². The van der Waals surface area contributed by atoms with Crippen LogP contribution in [0.1, 0.15) is 30.4 Å². The van der Waals surface area contributed by atoms with Gasteiger partial charge in [-0.1, -0.05) is 60.7 Å². The molecule has 11 nitrogen and oxygen atoms in total. The van der Waals surface area contributed by atoms with Gasteiger partial charge in [-0.2, -0.15) is 0 Å². The second kappa shape index (κ2) is 15.9. The van der Waals surface area contributed by atoms with Crippen molar-refractivity contribution in [1.29, 1.82) is 0 Å². The molecule has 0 heterocycles. The highest BCUT2D eigenvalue weighted by Gasteiger charge is 2.26. The summed E-state index contributed by atoms with van der Waals surface area (Å²) in [6.07, 6.45) is -0.889. The molecule has 1 atom stereocenters. The Bertz CT molecular complexity index is 953. The lowest BCUT2D eigenvalue weighted by atomic mass is 10.2. The molecule has 0 aromatic heterocycles. The molecule has 0 fully saturated rings. The van der Waals surface area contributed by atoms with Crippen LogP contribution in [0.2, 0.25) is 0 Å². The van der Waals surface area contributed by atoms with Crippen LogP contribution in [-0.4, -0.2) is 56.2 Å². The Labute approximate surface area is 218 Å². The monoisotopic (exact) mass is 541 g/mol. The third-order valence-corrected chi connectivity index (χ3v) is 4.46. The van der Waals surface area contributed by atoms with Crippen LogP contribution < -0.4 is 18.6 Å². The Morgan fingerprint density at radius 3 is 1.57 bits per heavy atom.